The molecule has 1 unspecified atom stereocenters. The molecule has 0 radical (unpaired) electrons. The third-order valence-corrected chi connectivity index (χ3v) is 6.97. The molecular weight excluding hydrogens is 308 g/mol. The predicted octanol–water partition coefficient (Wildman–Crippen LogP) is 1.70. The van der Waals surface area contributed by atoms with Crippen molar-refractivity contribution in [1.29, 1.82) is 0 Å². The van der Waals surface area contributed by atoms with Gasteiger partial charge in [-0.05, 0) is 18.7 Å². The van der Waals surface area contributed by atoms with E-state index in [1.165, 1.54) is 0 Å². The molecule has 120 valence electrons. The standard InChI is InChI=1S/C14H24N2O3S2/c1-3-15-9-12-5-6-13(19-12)10-16-7-8-20-11-14(16)21(17,18)4-2/h5-6,14-15H,3-4,7-11H2,1-2H3. The maximum atomic E-state index is 12.2. The Morgan fingerprint density at radius 1 is 1.38 bits per heavy atom. The Hall–Kier alpha value is -0.500. The zero-order valence-electron chi connectivity index (χ0n) is 12.7. The van der Waals surface area contributed by atoms with Gasteiger partial charge in [-0.15, -0.1) is 0 Å². The quantitative estimate of drug-likeness (QED) is 0.820. The van der Waals surface area contributed by atoms with Crippen molar-refractivity contribution in [2.45, 2.75) is 32.3 Å². The molecule has 0 aromatic carbocycles. The lowest BCUT2D eigenvalue weighted by Crippen LogP contribution is -2.47. The summed E-state index contributed by atoms with van der Waals surface area (Å²) in [6.07, 6.45) is 0. The number of thioether (sulfide) groups is 1. The average molecular weight is 332 g/mol. The van der Waals surface area contributed by atoms with Crippen LogP contribution in [0.5, 0.6) is 0 Å². The highest BCUT2D eigenvalue weighted by Crippen LogP contribution is 2.24. The third kappa shape index (κ3) is 4.48. The zero-order valence-corrected chi connectivity index (χ0v) is 14.3. The average Bonchev–Trinajstić information content (AvgIpc) is 2.93. The van der Waals surface area contributed by atoms with Crippen LogP contribution in [0.2, 0.25) is 0 Å². The van der Waals surface area contributed by atoms with Crippen LogP contribution >= 0.6 is 11.8 Å². The minimum atomic E-state index is -3.05. The Labute approximate surface area is 131 Å². The van der Waals surface area contributed by atoms with Gasteiger partial charge in [-0.1, -0.05) is 13.8 Å². The smallest absolute Gasteiger partial charge is 0.166 e. The van der Waals surface area contributed by atoms with Gasteiger partial charge in [-0.25, -0.2) is 8.42 Å². The SMILES string of the molecule is CCNCc1ccc(CN2CCSCC2S(=O)(=O)CC)o1. The summed E-state index contributed by atoms with van der Waals surface area (Å²) in [5, 5.41) is 2.83. The van der Waals surface area contributed by atoms with Crippen molar-refractivity contribution in [3.05, 3.63) is 23.7 Å². The molecule has 1 N–H and O–H groups in total. The highest BCUT2D eigenvalue weighted by molar-refractivity contribution is 8.01. The van der Waals surface area contributed by atoms with Crippen LogP contribution in [-0.4, -0.2) is 49.0 Å². The Morgan fingerprint density at radius 3 is 2.86 bits per heavy atom. The molecule has 1 aromatic rings. The lowest BCUT2D eigenvalue weighted by atomic mass is 10.3. The van der Waals surface area contributed by atoms with E-state index in [0.717, 1.165) is 30.4 Å². The molecule has 0 spiro atoms. The summed E-state index contributed by atoms with van der Waals surface area (Å²) in [5.74, 6) is 3.56. The van der Waals surface area contributed by atoms with Gasteiger partial charge in [0.2, 0.25) is 0 Å². The normalized spacial score (nSPS) is 20.8. The van der Waals surface area contributed by atoms with Crippen LogP contribution in [-0.2, 0) is 22.9 Å². The Bertz CT molecular complexity index is 542. The van der Waals surface area contributed by atoms with E-state index in [4.69, 9.17) is 4.42 Å². The molecule has 2 heterocycles. The summed E-state index contributed by atoms with van der Waals surface area (Å²) in [7, 11) is -3.05. The Morgan fingerprint density at radius 2 is 2.14 bits per heavy atom. The molecule has 1 saturated heterocycles. The Balaban J connectivity index is 2.03. The number of hydrogen-bond donors (Lipinski definition) is 1. The molecule has 0 saturated carbocycles. The number of sulfone groups is 1. The van der Waals surface area contributed by atoms with Gasteiger partial charge in [-0.2, -0.15) is 11.8 Å². The second-order valence-electron chi connectivity index (χ2n) is 5.10. The van der Waals surface area contributed by atoms with Gasteiger partial charge < -0.3 is 9.73 Å². The minimum Gasteiger partial charge on any atom is -0.463 e. The monoisotopic (exact) mass is 332 g/mol. The van der Waals surface area contributed by atoms with E-state index < -0.39 is 9.84 Å². The van der Waals surface area contributed by atoms with Crippen LogP contribution in [0.3, 0.4) is 0 Å². The molecule has 21 heavy (non-hydrogen) atoms. The van der Waals surface area contributed by atoms with Crippen LogP contribution < -0.4 is 5.32 Å². The highest BCUT2D eigenvalue weighted by Gasteiger charge is 2.33. The second-order valence-corrected chi connectivity index (χ2v) is 8.70. The topological polar surface area (TPSA) is 62.6 Å². The molecule has 0 amide bonds. The first-order valence-electron chi connectivity index (χ1n) is 7.38. The minimum absolute atomic E-state index is 0.193. The van der Waals surface area contributed by atoms with Gasteiger partial charge in [0.25, 0.3) is 0 Å². The van der Waals surface area contributed by atoms with Gasteiger partial charge in [0.05, 0.1) is 13.1 Å². The van der Waals surface area contributed by atoms with E-state index in [-0.39, 0.29) is 11.1 Å². The lowest BCUT2D eigenvalue weighted by molar-refractivity contribution is 0.237. The van der Waals surface area contributed by atoms with Crippen LogP contribution in [0, 0.1) is 0 Å². The first-order chi connectivity index (χ1) is 10.1. The fourth-order valence-corrected chi connectivity index (χ4v) is 5.45. The van der Waals surface area contributed by atoms with Gasteiger partial charge in [0, 0.05) is 23.8 Å². The molecule has 1 aliphatic heterocycles. The van der Waals surface area contributed by atoms with E-state index >= 15 is 0 Å². The molecule has 1 aromatic heterocycles. The van der Waals surface area contributed by atoms with Gasteiger partial charge >= 0.3 is 0 Å². The second kappa shape index (κ2) is 7.67. The lowest BCUT2D eigenvalue weighted by Gasteiger charge is -2.33. The van der Waals surface area contributed by atoms with Crippen molar-refractivity contribution in [3.63, 3.8) is 0 Å². The van der Waals surface area contributed by atoms with Crippen molar-refractivity contribution in [1.82, 2.24) is 10.2 Å². The van der Waals surface area contributed by atoms with Gasteiger partial charge in [0.1, 0.15) is 16.9 Å². The van der Waals surface area contributed by atoms with E-state index in [0.29, 0.717) is 18.8 Å². The summed E-state index contributed by atoms with van der Waals surface area (Å²) >= 11 is 1.71. The number of nitrogens with one attached hydrogen (secondary N) is 1. The molecule has 1 aliphatic rings. The van der Waals surface area contributed by atoms with Crippen LogP contribution in [0.25, 0.3) is 0 Å². The Kier molecular flexibility index (Phi) is 6.16. The van der Waals surface area contributed by atoms with E-state index in [1.807, 2.05) is 17.0 Å². The molecule has 7 heteroatoms. The predicted molar refractivity (Wildman–Crippen MR) is 87.1 cm³/mol. The van der Waals surface area contributed by atoms with Crippen molar-refractivity contribution >= 4 is 21.6 Å². The zero-order chi connectivity index (χ0) is 15.3. The summed E-state index contributed by atoms with van der Waals surface area (Å²) < 4.78 is 30.2. The number of rotatable bonds is 7. The number of furan rings is 1. The summed E-state index contributed by atoms with van der Waals surface area (Å²) in [6, 6.07) is 3.91. The van der Waals surface area contributed by atoms with Gasteiger partial charge in [-0.3, -0.25) is 4.90 Å². The molecule has 1 atom stereocenters. The van der Waals surface area contributed by atoms with E-state index in [2.05, 4.69) is 12.2 Å². The van der Waals surface area contributed by atoms with Crippen molar-refractivity contribution in [2.24, 2.45) is 0 Å². The maximum absolute atomic E-state index is 12.2. The third-order valence-electron chi connectivity index (χ3n) is 3.63. The number of hydrogen-bond acceptors (Lipinski definition) is 6. The molecule has 0 aliphatic carbocycles. The van der Waals surface area contributed by atoms with Crippen LogP contribution in [0.4, 0.5) is 0 Å². The van der Waals surface area contributed by atoms with Crippen LogP contribution in [0.1, 0.15) is 25.4 Å². The van der Waals surface area contributed by atoms with Crippen LogP contribution in [0.15, 0.2) is 16.5 Å². The highest BCUT2D eigenvalue weighted by atomic mass is 32.2. The maximum Gasteiger partial charge on any atom is 0.166 e. The van der Waals surface area contributed by atoms with Gasteiger partial charge in [0.15, 0.2) is 9.84 Å². The first kappa shape index (κ1) is 16.9. The number of nitrogens with zero attached hydrogens (tertiary/aromatic N) is 1. The molecule has 5 nitrogen and oxygen atoms in total. The summed E-state index contributed by atoms with van der Waals surface area (Å²) in [5.41, 5.74) is 0. The first-order valence-corrected chi connectivity index (χ1v) is 10.3. The summed E-state index contributed by atoms with van der Waals surface area (Å²) in [6.45, 7) is 6.73. The molecule has 2 rings (SSSR count). The van der Waals surface area contributed by atoms with E-state index in [9.17, 15) is 8.42 Å². The fraction of sp³-hybridized carbons (Fsp3) is 0.714. The fourth-order valence-electron chi connectivity index (χ4n) is 2.37. The van der Waals surface area contributed by atoms with Crippen molar-refractivity contribution < 1.29 is 12.8 Å². The van der Waals surface area contributed by atoms with E-state index in [1.54, 1.807) is 18.7 Å². The largest absolute Gasteiger partial charge is 0.463 e. The summed E-state index contributed by atoms with van der Waals surface area (Å²) in [4.78, 5) is 2.03. The molecule has 1 fully saturated rings. The molecule has 0 bridgehead atoms. The van der Waals surface area contributed by atoms with Crippen molar-refractivity contribution in [2.75, 3.05) is 30.3 Å². The van der Waals surface area contributed by atoms with Crippen molar-refractivity contribution in [3.8, 4) is 0 Å². The molecular formula is C14H24N2O3S2.